The summed E-state index contributed by atoms with van der Waals surface area (Å²) in [6, 6.07) is 1.94. The van der Waals surface area contributed by atoms with E-state index in [9.17, 15) is 9.59 Å². The van der Waals surface area contributed by atoms with Crippen LogP contribution in [0.15, 0.2) is 6.07 Å². The van der Waals surface area contributed by atoms with Gasteiger partial charge in [-0.15, -0.1) is 0 Å². The van der Waals surface area contributed by atoms with E-state index in [1.54, 1.807) is 0 Å². The first-order chi connectivity index (χ1) is 10.9. The van der Waals surface area contributed by atoms with E-state index in [-0.39, 0.29) is 13.1 Å². The van der Waals surface area contributed by atoms with Crippen LogP contribution < -0.4 is 10.6 Å². The number of rotatable bonds is 6. The maximum absolute atomic E-state index is 10.6. The van der Waals surface area contributed by atoms with Crippen molar-refractivity contribution in [2.45, 2.75) is 6.92 Å². The largest absolute Gasteiger partial charge is 0.480 e. The van der Waals surface area contributed by atoms with E-state index in [4.69, 9.17) is 10.2 Å². The molecule has 3 aromatic rings. The van der Waals surface area contributed by atoms with Crippen LogP contribution in [0.2, 0.25) is 0 Å². The fourth-order valence-electron chi connectivity index (χ4n) is 2.08. The summed E-state index contributed by atoms with van der Waals surface area (Å²) in [5.41, 5.74) is 2.42. The topological polar surface area (TPSA) is 124 Å². The summed E-state index contributed by atoms with van der Waals surface area (Å²) in [6.45, 7) is 1.52. The number of aryl methyl sites for hydroxylation is 1. The monoisotopic (exact) mass is 352 g/mol. The summed E-state index contributed by atoms with van der Waals surface area (Å²) in [7, 11) is 0. The number of fused-ring (bicyclic) bond motifs is 2. The van der Waals surface area contributed by atoms with Gasteiger partial charge in [0.15, 0.2) is 10.3 Å². The number of nitrogens with one attached hydrogen (secondary N) is 2. The molecule has 0 spiro atoms. The van der Waals surface area contributed by atoms with Gasteiger partial charge in [0.1, 0.15) is 13.1 Å². The van der Waals surface area contributed by atoms with Gasteiger partial charge < -0.3 is 20.8 Å². The van der Waals surface area contributed by atoms with Gasteiger partial charge in [-0.2, -0.15) is 0 Å². The summed E-state index contributed by atoms with van der Waals surface area (Å²) in [5.74, 6) is -1.89. The van der Waals surface area contributed by atoms with Gasteiger partial charge in [0.05, 0.1) is 20.4 Å². The van der Waals surface area contributed by atoms with E-state index >= 15 is 0 Å². The van der Waals surface area contributed by atoms with Crippen molar-refractivity contribution in [1.29, 1.82) is 0 Å². The predicted octanol–water partition coefficient (Wildman–Crippen LogP) is 2.21. The van der Waals surface area contributed by atoms with Crippen molar-refractivity contribution in [1.82, 2.24) is 9.97 Å². The molecule has 10 heteroatoms. The summed E-state index contributed by atoms with van der Waals surface area (Å²) >= 11 is 2.75. The molecule has 0 atom stereocenters. The Bertz CT molecular complexity index is 847. The molecule has 0 aliphatic rings. The van der Waals surface area contributed by atoms with Crippen molar-refractivity contribution in [3.8, 4) is 0 Å². The molecule has 4 N–H and O–H groups in total. The number of thiazole rings is 2. The van der Waals surface area contributed by atoms with Gasteiger partial charge in [0.25, 0.3) is 0 Å². The zero-order valence-electron chi connectivity index (χ0n) is 11.9. The third-order valence-electron chi connectivity index (χ3n) is 3.06. The summed E-state index contributed by atoms with van der Waals surface area (Å²) in [6.07, 6.45) is 0. The zero-order chi connectivity index (χ0) is 16.6. The average Bonchev–Trinajstić information content (AvgIpc) is 3.07. The molecule has 120 valence electrons. The lowest BCUT2D eigenvalue weighted by molar-refractivity contribution is -0.135. The number of aliphatic carboxylic acids is 2. The van der Waals surface area contributed by atoms with E-state index in [1.807, 2.05) is 13.0 Å². The third kappa shape index (κ3) is 3.17. The van der Waals surface area contributed by atoms with Gasteiger partial charge in [-0.1, -0.05) is 22.7 Å². The van der Waals surface area contributed by atoms with E-state index in [2.05, 4.69) is 20.6 Å². The standard InChI is InChI=1S/C13H12N4O4S2/c1-5-10-6(22-12(16-10)14-3-8(18)19)2-7-11(5)17-13(23-7)15-4-9(20)21/h2H,3-4H2,1H3,(H,14,16)(H,15,17)(H,18,19)(H,20,21). The molecule has 0 aliphatic heterocycles. The number of carbonyl (C=O) groups is 2. The number of nitrogens with zero attached hydrogens (tertiary/aromatic N) is 2. The highest BCUT2D eigenvalue weighted by Crippen LogP contribution is 2.36. The number of hydrogen-bond acceptors (Lipinski definition) is 8. The normalized spacial score (nSPS) is 11.0. The van der Waals surface area contributed by atoms with Crippen LogP contribution in [0.4, 0.5) is 10.3 Å². The minimum absolute atomic E-state index is 0.186. The van der Waals surface area contributed by atoms with Gasteiger partial charge in [-0.05, 0) is 13.0 Å². The molecule has 2 aromatic heterocycles. The SMILES string of the molecule is Cc1c2nc(NCC(=O)O)sc2cc2sc(NCC(=O)O)nc12. The van der Waals surface area contributed by atoms with Crippen LogP contribution in [0.25, 0.3) is 20.4 Å². The summed E-state index contributed by atoms with van der Waals surface area (Å²) in [5, 5.41) is 24.0. The highest BCUT2D eigenvalue weighted by Gasteiger charge is 2.14. The zero-order valence-corrected chi connectivity index (χ0v) is 13.5. The number of anilines is 2. The second-order valence-electron chi connectivity index (χ2n) is 4.73. The summed E-state index contributed by atoms with van der Waals surface area (Å²) < 4.78 is 1.85. The van der Waals surface area contributed by atoms with Gasteiger partial charge in [-0.25, -0.2) is 9.97 Å². The Hall–Kier alpha value is -2.46. The fourth-order valence-corrected chi connectivity index (χ4v) is 4.08. The average molecular weight is 352 g/mol. The van der Waals surface area contributed by atoms with Crippen molar-refractivity contribution >= 4 is 65.3 Å². The second kappa shape index (κ2) is 5.97. The molecule has 0 aliphatic carbocycles. The Kier molecular flexibility index (Phi) is 4.01. The summed E-state index contributed by atoms with van der Waals surface area (Å²) in [4.78, 5) is 30.0. The minimum atomic E-state index is -0.947. The molecule has 1 aromatic carbocycles. The Balaban J connectivity index is 1.97. The Morgan fingerprint density at radius 3 is 1.83 bits per heavy atom. The van der Waals surface area contributed by atoms with Crippen molar-refractivity contribution < 1.29 is 19.8 Å². The lowest BCUT2D eigenvalue weighted by Gasteiger charge is -1.96. The third-order valence-corrected chi connectivity index (χ3v) is 4.98. The smallest absolute Gasteiger partial charge is 0.322 e. The number of carboxylic acids is 2. The van der Waals surface area contributed by atoms with E-state index in [1.165, 1.54) is 22.7 Å². The molecule has 2 heterocycles. The number of benzene rings is 1. The van der Waals surface area contributed by atoms with Crippen molar-refractivity contribution in [2.75, 3.05) is 23.7 Å². The first-order valence-corrected chi connectivity index (χ1v) is 8.19. The number of hydrogen-bond donors (Lipinski definition) is 4. The molecular weight excluding hydrogens is 340 g/mol. The van der Waals surface area contributed by atoms with Gasteiger partial charge >= 0.3 is 11.9 Å². The molecule has 0 unspecified atom stereocenters. The quantitative estimate of drug-likeness (QED) is 0.532. The number of aromatic nitrogens is 2. The number of carboxylic acid groups (broad SMARTS) is 2. The maximum Gasteiger partial charge on any atom is 0.322 e. The Morgan fingerprint density at radius 2 is 1.43 bits per heavy atom. The maximum atomic E-state index is 10.6. The van der Waals surface area contributed by atoms with Crippen LogP contribution in [0, 0.1) is 6.92 Å². The Labute approximate surface area is 137 Å². The van der Waals surface area contributed by atoms with E-state index in [0.717, 1.165) is 26.0 Å². The Morgan fingerprint density at radius 1 is 1.00 bits per heavy atom. The van der Waals surface area contributed by atoms with Crippen LogP contribution in [0.5, 0.6) is 0 Å². The van der Waals surface area contributed by atoms with Crippen LogP contribution >= 0.6 is 22.7 Å². The van der Waals surface area contributed by atoms with Crippen molar-refractivity contribution in [2.24, 2.45) is 0 Å². The van der Waals surface area contributed by atoms with Crippen LogP contribution in [-0.2, 0) is 9.59 Å². The second-order valence-corrected chi connectivity index (χ2v) is 6.79. The van der Waals surface area contributed by atoms with Gasteiger partial charge in [0.2, 0.25) is 0 Å². The van der Waals surface area contributed by atoms with Crippen molar-refractivity contribution in [3.63, 3.8) is 0 Å². The highest BCUT2D eigenvalue weighted by molar-refractivity contribution is 7.24. The van der Waals surface area contributed by atoms with E-state index < -0.39 is 11.9 Å². The highest BCUT2D eigenvalue weighted by atomic mass is 32.1. The first kappa shape index (κ1) is 15.4. The molecule has 0 fully saturated rings. The molecule has 0 saturated carbocycles. The van der Waals surface area contributed by atoms with E-state index in [0.29, 0.717) is 10.3 Å². The molecule has 23 heavy (non-hydrogen) atoms. The molecule has 0 bridgehead atoms. The first-order valence-electron chi connectivity index (χ1n) is 6.56. The van der Waals surface area contributed by atoms with Crippen LogP contribution in [0.1, 0.15) is 5.56 Å². The molecule has 0 saturated heterocycles. The molecule has 0 amide bonds. The predicted molar refractivity (Wildman–Crippen MR) is 89.8 cm³/mol. The molecular formula is C13H12N4O4S2. The minimum Gasteiger partial charge on any atom is -0.480 e. The molecule has 8 nitrogen and oxygen atoms in total. The molecule has 3 rings (SSSR count). The fraction of sp³-hybridized carbons (Fsp3) is 0.231. The molecule has 0 radical (unpaired) electrons. The van der Waals surface area contributed by atoms with Gasteiger partial charge in [0, 0.05) is 5.56 Å². The van der Waals surface area contributed by atoms with Gasteiger partial charge in [-0.3, -0.25) is 9.59 Å². The lowest BCUT2D eigenvalue weighted by Crippen LogP contribution is -2.11. The van der Waals surface area contributed by atoms with Crippen LogP contribution in [0.3, 0.4) is 0 Å². The lowest BCUT2D eigenvalue weighted by atomic mass is 10.2. The van der Waals surface area contributed by atoms with Crippen molar-refractivity contribution in [3.05, 3.63) is 11.6 Å². The van der Waals surface area contributed by atoms with Crippen LogP contribution in [-0.4, -0.2) is 45.2 Å².